The Bertz CT molecular complexity index is 1180. The Balaban J connectivity index is 1.49. The molecule has 1 amide bonds. The molecule has 1 fully saturated rings. The molecule has 5 nitrogen and oxygen atoms in total. The van der Waals surface area contributed by atoms with Gasteiger partial charge in [0.15, 0.2) is 0 Å². The minimum Gasteiger partial charge on any atom is -0.461 e. The minimum absolute atomic E-state index is 0.0233. The highest BCUT2D eigenvalue weighted by molar-refractivity contribution is 5.98. The Kier molecular flexibility index (Phi) is 3.53. The van der Waals surface area contributed by atoms with Crippen molar-refractivity contribution >= 4 is 27.9 Å². The van der Waals surface area contributed by atoms with Crippen LogP contribution in [-0.4, -0.2) is 27.3 Å². The Hall–Kier alpha value is -3.15. The zero-order valence-corrected chi connectivity index (χ0v) is 14.8. The maximum Gasteiger partial charge on any atom is 0.254 e. The van der Waals surface area contributed by atoms with Crippen LogP contribution in [0.25, 0.3) is 22.0 Å². The van der Waals surface area contributed by atoms with E-state index in [0.717, 1.165) is 29.6 Å². The third-order valence-electron chi connectivity index (χ3n) is 5.18. The van der Waals surface area contributed by atoms with Crippen LogP contribution in [0.3, 0.4) is 0 Å². The molecule has 136 valence electrons. The first kappa shape index (κ1) is 16.1. The summed E-state index contributed by atoms with van der Waals surface area (Å²) in [6, 6.07) is 11.8. The van der Waals surface area contributed by atoms with Gasteiger partial charge in [-0.2, -0.15) is 0 Å². The van der Waals surface area contributed by atoms with Gasteiger partial charge < -0.3 is 14.3 Å². The number of aryl methyl sites for hydroxylation is 1. The van der Waals surface area contributed by atoms with E-state index in [2.05, 4.69) is 9.97 Å². The van der Waals surface area contributed by atoms with Crippen molar-refractivity contribution in [2.45, 2.75) is 25.8 Å². The van der Waals surface area contributed by atoms with Gasteiger partial charge in [0.05, 0.1) is 17.1 Å². The lowest BCUT2D eigenvalue weighted by atomic mass is 10.1. The first-order chi connectivity index (χ1) is 13.1. The molecule has 1 atom stereocenters. The lowest BCUT2D eigenvalue weighted by molar-refractivity contribution is 0.0730. The van der Waals surface area contributed by atoms with E-state index in [1.165, 1.54) is 12.1 Å². The van der Waals surface area contributed by atoms with Crippen LogP contribution in [-0.2, 0) is 0 Å². The highest BCUT2D eigenvalue weighted by Gasteiger charge is 2.32. The minimum atomic E-state index is -0.305. The van der Waals surface area contributed by atoms with Crippen molar-refractivity contribution in [2.24, 2.45) is 0 Å². The second-order valence-corrected chi connectivity index (χ2v) is 7.05. The number of hydrogen-bond donors (Lipinski definition) is 1. The molecule has 4 aromatic rings. The first-order valence-corrected chi connectivity index (χ1v) is 9.05. The fourth-order valence-corrected chi connectivity index (χ4v) is 3.93. The van der Waals surface area contributed by atoms with Gasteiger partial charge in [-0.1, -0.05) is 0 Å². The Morgan fingerprint density at radius 3 is 3.04 bits per heavy atom. The van der Waals surface area contributed by atoms with E-state index in [4.69, 9.17) is 4.42 Å². The number of carbonyl (C=O) groups is 1. The van der Waals surface area contributed by atoms with Gasteiger partial charge in [0.25, 0.3) is 5.91 Å². The first-order valence-electron chi connectivity index (χ1n) is 9.05. The zero-order valence-electron chi connectivity index (χ0n) is 14.8. The summed E-state index contributed by atoms with van der Waals surface area (Å²) in [5.74, 6) is 1.20. The van der Waals surface area contributed by atoms with Gasteiger partial charge in [0.2, 0.25) is 0 Å². The van der Waals surface area contributed by atoms with Crippen LogP contribution in [0.5, 0.6) is 0 Å². The van der Waals surface area contributed by atoms with E-state index >= 15 is 0 Å². The second kappa shape index (κ2) is 5.94. The largest absolute Gasteiger partial charge is 0.461 e. The second-order valence-electron chi connectivity index (χ2n) is 7.05. The van der Waals surface area contributed by atoms with E-state index in [9.17, 15) is 9.18 Å². The van der Waals surface area contributed by atoms with Crippen molar-refractivity contribution in [3.05, 3.63) is 65.4 Å². The molecule has 1 aliphatic rings. The van der Waals surface area contributed by atoms with Crippen LogP contribution >= 0.6 is 0 Å². The van der Waals surface area contributed by atoms with Crippen molar-refractivity contribution in [3.63, 3.8) is 0 Å². The molecule has 27 heavy (non-hydrogen) atoms. The number of amides is 1. The molecular formula is C21H18FN3O2. The fourth-order valence-electron chi connectivity index (χ4n) is 3.93. The molecule has 6 heteroatoms. The molecule has 0 bridgehead atoms. The number of halogens is 1. The number of likely N-dealkylation sites (tertiary alicyclic amines) is 1. The number of benzene rings is 2. The molecule has 5 rings (SSSR count). The molecule has 0 spiro atoms. The van der Waals surface area contributed by atoms with E-state index < -0.39 is 0 Å². The summed E-state index contributed by atoms with van der Waals surface area (Å²) >= 11 is 0. The van der Waals surface area contributed by atoms with Crippen LogP contribution in [0.4, 0.5) is 4.39 Å². The maximum absolute atomic E-state index is 13.5. The van der Waals surface area contributed by atoms with E-state index in [1.54, 1.807) is 12.1 Å². The Morgan fingerprint density at radius 2 is 2.15 bits per heavy atom. The number of H-pyrrole nitrogens is 1. The van der Waals surface area contributed by atoms with Crippen molar-refractivity contribution in [2.75, 3.05) is 6.54 Å². The Labute approximate surface area is 154 Å². The molecule has 1 saturated heterocycles. The number of fused-ring (bicyclic) bond motifs is 2. The van der Waals surface area contributed by atoms with Crippen molar-refractivity contribution in [3.8, 4) is 0 Å². The van der Waals surface area contributed by atoms with Gasteiger partial charge in [-0.15, -0.1) is 0 Å². The predicted molar refractivity (Wildman–Crippen MR) is 100 cm³/mol. The highest BCUT2D eigenvalue weighted by atomic mass is 19.1. The summed E-state index contributed by atoms with van der Waals surface area (Å²) < 4.78 is 19.1. The van der Waals surface area contributed by atoms with Crippen molar-refractivity contribution in [1.82, 2.24) is 14.9 Å². The number of imidazole rings is 1. The SMILES string of the molecule is Cc1cc2cc(C(=O)N3CCCC3c3nc4ccc(F)cc4[nH]3)ccc2o1. The van der Waals surface area contributed by atoms with Gasteiger partial charge in [0, 0.05) is 17.5 Å². The van der Waals surface area contributed by atoms with E-state index in [1.807, 2.05) is 30.0 Å². The summed E-state index contributed by atoms with van der Waals surface area (Å²) in [6.07, 6.45) is 1.75. The molecule has 0 saturated carbocycles. The fraction of sp³-hybridized carbons (Fsp3) is 0.238. The van der Waals surface area contributed by atoms with Crippen LogP contribution in [0, 0.1) is 12.7 Å². The zero-order chi connectivity index (χ0) is 18.5. The third-order valence-corrected chi connectivity index (χ3v) is 5.18. The van der Waals surface area contributed by atoms with Crippen LogP contribution < -0.4 is 0 Å². The maximum atomic E-state index is 13.5. The molecule has 1 N–H and O–H groups in total. The number of furan rings is 1. The van der Waals surface area contributed by atoms with Crippen LogP contribution in [0.15, 0.2) is 46.9 Å². The molecule has 1 unspecified atom stereocenters. The molecule has 3 heterocycles. The van der Waals surface area contributed by atoms with Gasteiger partial charge in [-0.25, -0.2) is 9.37 Å². The van der Waals surface area contributed by atoms with E-state index in [0.29, 0.717) is 29.0 Å². The molecule has 2 aromatic carbocycles. The average molecular weight is 363 g/mol. The van der Waals surface area contributed by atoms with Crippen LogP contribution in [0.2, 0.25) is 0 Å². The topological polar surface area (TPSA) is 62.1 Å². The summed E-state index contributed by atoms with van der Waals surface area (Å²) in [4.78, 5) is 22.8. The van der Waals surface area contributed by atoms with Gasteiger partial charge in [-0.3, -0.25) is 4.79 Å². The number of hydrogen-bond acceptors (Lipinski definition) is 3. The van der Waals surface area contributed by atoms with E-state index in [-0.39, 0.29) is 17.8 Å². The lowest BCUT2D eigenvalue weighted by Gasteiger charge is -2.23. The van der Waals surface area contributed by atoms with Crippen molar-refractivity contribution in [1.29, 1.82) is 0 Å². The summed E-state index contributed by atoms with van der Waals surface area (Å²) in [7, 11) is 0. The summed E-state index contributed by atoms with van der Waals surface area (Å²) in [5, 5.41) is 0.924. The summed E-state index contributed by atoms with van der Waals surface area (Å²) in [5.41, 5.74) is 2.78. The summed E-state index contributed by atoms with van der Waals surface area (Å²) in [6.45, 7) is 2.57. The highest BCUT2D eigenvalue weighted by Crippen LogP contribution is 2.33. The molecule has 0 aliphatic carbocycles. The quantitative estimate of drug-likeness (QED) is 0.560. The molecular weight excluding hydrogens is 345 g/mol. The number of rotatable bonds is 2. The molecule has 0 radical (unpaired) electrons. The van der Waals surface area contributed by atoms with Crippen molar-refractivity contribution < 1.29 is 13.6 Å². The number of carbonyl (C=O) groups excluding carboxylic acids is 1. The standard InChI is InChI=1S/C21H18FN3O2/c1-12-9-14-10-13(4-7-19(14)27-12)21(26)25-8-2-3-18(25)20-23-16-6-5-15(22)11-17(16)24-20/h4-7,9-11,18H,2-3,8H2,1H3,(H,23,24). The Morgan fingerprint density at radius 1 is 1.26 bits per heavy atom. The third kappa shape index (κ3) is 2.68. The predicted octanol–water partition coefficient (Wildman–Crippen LogP) is 4.73. The van der Waals surface area contributed by atoms with Gasteiger partial charge in [0.1, 0.15) is 23.0 Å². The monoisotopic (exact) mass is 363 g/mol. The number of nitrogens with one attached hydrogen (secondary N) is 1. The number of nitrogens with zero attached hydrogens (tertiary/aromatic N) is 2. The number of aromatic amines is 1. The van der Waals surface area contributed by atoms with Gasteiger partial charge in [-0.05, 0) is 62.2 Å². The smallest absolute Gasteiger partial charge is 0.254 e. The van der Waals surface area contributed by atoms with Gasteiger partial charge >= 0.3 is 0 Å². The lowest BCUT2D eigenvalue weighted by Crippen LogP contribution is -2.31. The number of aromatic nitrogens is 2. The molecule has 2 aromatic heterocycles. The normalized spacial score (nSPS) is 17.3. The molecule has 1 aliphatic heterocycles. The van der Waals surface area contributed by atoms with Crippen LogP contribution in [0.1, 0.15) is 40.8 Å². The average Bonchev–Trinajstić information content (AvgIpc) is 3.36.